The highest BCUT2D eigenvalue weighted by Crippen LogP contribution is 2.20. The third-order valence-electron chi connectivity index (χ3n) is 2.77. The molecule has 1 heterocycles. The molecule has 0 radical (unpaired) electrons. The predicted molar refractivity (Wildman–Crippen MR) is 82.8 cm³/mol. The minimum absolute atomic E-state index is 0.0612. The molecule has 2 aromatic rings. The van der Waals surface area contributed by atoms with Crippen molar-refractivity contribution in [3.8, 4) is 0 Å². The molecule has 21 heavy (non-hydrogen) atoms. The first-order chi connectivity index (χ1) is 10.0. The molecule has 0 bridgehead atoms. The van der Waals surface area contributed by atoms with E-state index in [0.717, 1.165) is 13.0 Å². The van der Waals surface area contributed by atoms with Crippen LogP contribution >= 0.6 is 11.6 Å². The highest BCUT2D eigenvalue weighted by atomic mass is 35.5. The third-order valence-corrected chi connectivity index (χ3v) is 4.40. The number of aromatic nitrogens is 2. The molecule has 0 atom stereocenters. The van der Waals surface area contributed by atoms with E-state index in [0.29, 0.717) is 22.8 Å². The molecule has 3 N–H and O–H groups in total. The molecule has 8 heteroatoms. The van der Waals surface area contributed by atoms with Crippen LogP contribution in [-0.4, -0.2) is 25.2 Å². The van der Waals surface area contributed by atoms with E-state index in [2.05, 4.69) is 20.2 Å². The van der Waals surface area contributed by atoms with Crippen molar-refractivity contribution in [3.63, 3.8) is 0 Å². The highest BCUT2D eigenvalue weighted by Gasteiger charge is 2.20. The molecule has 2 rings (SSSR count). The SMILES string of the molecule is CCCNCc1cn[nH]c1S(=O)(=O)Nc1cccc(Cl)c1. The van der Waals surface area contributed by atoms with Crippen LogP contribution < -0.4 is 10.0 Å². The second kappa shape index (κ2) is 6.93. The van der Waals surface area contributed by atoms with E-state index in [9.17, 15) is 8.42 Å². The average molecular weight is 329 g/mol. The third kappa shape index (κ3) is 4.20. The van der Waals surface area contributed by atoms with Crippen molar-refractivity contribution in [3.05, 3.63) is 41.0 Å². The molecular formula is C13H17ClN4O2S. The number of hydrogen-bond donors (Lipinski definition) is 3. The number of H-pyrrole nitrogens is 1. The predicted octanol–water partition coefficient (Wildman–Crippen LogP) is 2.36. The Bertz CT molecular complexity index is 700. The van der Waals surface area contributed by atoms with E-state index in [-0.39, 0.29) is 5.03 Å². The Morgan fingerprint density at radius 2 is 2.19 bits per heavy atom. The maximum absolute atomic E-state index is 12.4. The molecule has 0 spiro atoms. The summed E-state index contributed by atoms with van der Waals surface area (Å²) in [7, 11) is -3.72. The number of benzene rings is 1. The van der Waals surface area contributed by atoms with Gasteiger partial charge in [0.1, 0.15) is 0 Å². The summed E-state index contributed by atoms with van der Waals surface area (Å²) >= 11 is 5.85. The van der Waals surface area contributed by atoms with Gasteiger partial charge in [-0.2, -0.15) is 13.5 Å². The van der Waals surface area contributed by atoms with E-state index < -0.39 is 10.0 Å². The lowest BCUT2D eigenvalue weighted by atomic mass is 10.3. The lowest BCUT2D eigenvalue weighted by molar-refractivity contribution is 0.593. The van der Waals surface area contributed by atoms with Gasteiger partial charge in [0.15, 0.2) is 5.03 Å². The number of anilines is 1. The zero-order valence-electron chi connectivity index (χ0n) is 11.6. The number of sulfonamides is 1. The molecule has 0 aliphatic rings. The van der Waals surface area contributed by atoms with Gasteiger partial charge in [-0.25, -0.2) is 0 Å². The molecule has 0 unspecified atom stereocenters. The van der Waals surface area contributed by atoms with Crippen LogP contribution in [0.25, 0.3) is 0 Å². The first kappa shape index (κ1) is 15.8. The maximum Gasteiger partial charge on any atom is 0.279 e. The number of halogens is 1. The van der Waals surface area contributed by atoms with Crippen LogP contribution in [0.5, 0.6) is 0 Å². The van der Waals surface area contributed by atoms with E-state index in [1.165, 1.54) is 6.20 Å². The summed E-state index contributed by atoms with van der Waals surface area (Å²) in [6.45, 7) is 3.29. The standard InChI is InChI=1S/C13H17ClN4O2S/c1-2-6-15-8-10-9-16-17-13(10)21(19,20)18-12-5-3-4-11(14)7-12/h3-5,7,9,15,18H,2,6,8H2,1H3,(H,16,17). The number of nitrogens with zero attached hydrogens (tertiary/aromatic N) is 1. The van der Waals surface area contributed by atoms with Crippen LogP contribution in [-0.2, 0) is 16.6 Å². The largest absolute Gasteiger partial charge is 0.313 e. The molecule has 0 aliphatic carbocycles. The van der Waals surface area contributed by atoms with Gasteiger partial charge in [-0.05, 0) is 31.2 Å². The van der Waals surface area contributed by atoms with Gasteiger partial charge in [-0.1, -0.05) is 24.6 Å². The molecule has 0 fully saturated rings. The maximum atomic E-state index is 12.4. The fraction of sp³-hybridized carbons (Fsp3) is 0.308. The quantitative estimate of drug-likeness (QED) is 0.681. The molecular weight excluding hydrogens is 312 g/mol. The average Bonchev–Trinajstić information content (AvgIpc) is 2.88. The van der Waals surface area contributed by atoms with Crippen LogP contribution in [0, 0.1) is 0 Å². The van der Waals surface area contributed by atoms with Gasteiger partial charge in [0, 0.05) is 17.1 Å². The monoisotopic (exact) mass is 328 g/mol. The van der Waals surface area contributed by atoms with Crippen molar-refractivity contribution in [2.75, 3.05) is 11.3 Å². The van der Waals surface area contributed by atoms with Crippen molar-refractivity contribution in [1.29, 1.82) is 0 Å². The second-order valence-electron chi connectivity index (χ2n) is 4.52. The Kier molecular flexibility index (Phi) is 5.22. The van der Waals surface area contributed by atoms with Crippen LogP contribution in [0.1, 0.15) is 18.9 Å². The van der Waals surface area contributed by atoms with Crippen molar-refractivity contribution in [1.82, 2.24) is 15.5 Å². The first-order valence-corrected chi connectivity index (χ1v) is 8.40. The van der Waals surface area contributed by atoms with Gasteiger partial charge < -0.3 is 5.32 Å². The molecule has 0 aliphatic heterocycles. The molecule has 0 saturated heterocycles. The Labute approximate surface area is 129 Å². The first-order valence-electron chi connectivity index (χ1n) is 6.54. The van der Waals surface area contributed by atoms with Crippen molar-refractivity contribution in [2.24, 2.45) is 0 Å². The van der Waals surface area contributed by atoms with Gasteiger partial charge in [-0.3, -0.25) is 9.82 Å². The smallest absolute Gasteiger partial charge is 0.279 e. The Hall–Kier alpha value is -1.57. The van der Waals surface area contributed by atoms with E-state index in [1.807, 2.05) is 6.92 Å². The summed E-state index contributed by atoms with van der Waals surface area (Å²) in [5.41, 5.74) is 1.00. The number of hydrogen-bond acceptors (Lipinski definition) is 4. The minimum atomic E-state index is -3.72. The number of nitrogens with one attached hydrogen (secondary N) is 3. The highest BCUT2D eigenvalue weighted by molar-refractivity contribution is 7.92. The Morgan fingerprint density at radius 1 is 1.38 bits per heavy atom. The number of aromatic amines is 1. The Balaban J connectivity index is 2.18. The molecule has 0 amide bonds. The summed E-state index contributed by atoms with van der Waals surface area (Å²) in [6, 6.07) is 6.53. The van der Waals surface area contributed by atoms with E-state index in [4.69, 9.17) is 11.6 Å². The fourth-order valence-electron chi connectivity index (χ4n) is 1.82. The van der Waals surface area contributed by atoms with Crippen LogP contribution in [0.15, 0.2) is 35.5 Å². The topological polar surface area (TPSA) is 86.9 Å². The van der Waals surface area contributed by atoms with Crippen molar-refractivity contribution < 1.29 is 8.42 Å². The van der Waals surface area contributed by atoms with Crippen LogP contribution in [0.3, 0.4) is 0 Å². The molecule has 114 valence electrons. The van der Waals surface area contributed by atoms with Gasteiger partial charge in [-0.15, -0.1) is 0 Å². The van der Waals surface area contributed by atoms with Crippen molar-refractivity contribution in [2.45, 2.75) is 24.9 Å². The zero-order valence-corrected chi connectivity index (χ0v) is 13.1. The van der Waals surface area contributed by atoms with E-state index >= 15 is 0 Å². The van der Waals surface area contributed by atoms with Gasteiger partial charge in [0.25, 0.3) is 10.0 Å². The molecule has 1 aromatic heterocycles. The lowest BCUT2D eigenvalue weighted by Gasteiger charge is -2.09. The summed E-state index contributed by atoms with van der Waals surface area (Å²) in [6.07, 6.45) is 2.48. The lowest BCUT2D eigenvalue weighted by Crippen LogP contribution is -2.19. The normalized spacial score (nSPS) is 11.5. The Morgan fingerprint density at radius 3 is 2.90 bits per heavy atom. The van der Waals surface area contributed by atoms with Gasteiger partial charge >= 0.3 is 0 Å². The zero-order chi connectivity index (χ0) is 15.3. The van der Waals surface area contributed by atoms with Gasteiger partial charge in [0.05, 0.1) is 11.9 Å². The van der Waals surface area contributed by atoms with E-state index in [1.54, 1.807) is 24.3 Å². The number of rotatable bonds is 7. The fourth-order valence-corrected chi connectivity index (χ4v) is 3.19. The van der Waals surface area contributed by atoms with Crippen molar-refractivity contribution >= 4 is 27.3 Å². The van der Waals surface area contributed by atoms with Crippen LogP contribution in [0.4, 0.5) is 5.69 Å². The second-order valence-corrected chi connectivity index (χ2v) is 6.57. The summed E-state index contributed by atoms with van der Waals surface area (Å²) in [5.74, 6) is 0. The molecule has 1 aromatic carbocycles. The molecule has 0 saturated carbocycles. The molecule has 6 nitrogen and oxygen atoms in total. The van der Waals surface area contributed by atoms with Crippen LogP contribution in [0.2, 0.25) is 5.02 Å². The summed E-state index contributed by atoms with van der Waals surface area (Å²) in [5, 5.41) is 10.0. The van der Waals surface area contributed by atoms with Gasteiger partial charge in [0.2, 0.25) is 0 Å². The summed E-state index contributed by atoms with van der Waals surface area (Å²) < 4.78 is 27.2. The minimum Gasteiger partial charge on any atom is -0.313 e. The summed E-state index contributed by atoms with van der Waals surface area (Å²) in [4.78, 5) is 0.